The van der Waals surface area contributed by atoms with E-state index in [9.17, 15) is 18.4 Å². The maximum absolute atomic E-state index is 13.2. The van der Waals surface area contributed by atoms with Crippen LogP contribution >= 0.6 is 0 Å². The summed E-state index contributed by atoms with van der Waals surface area (Å²) >= 11 is 0. The summed E-state index contributed by atoms with van der Waals surface area (Å²) in [4.78, 5) is 24.9. The van der Waals surface area contributed by atoms with Crippen LogP contribution < -0.4 is 15.5 Å². The van der Waals surface area contributed by atoms with Gasteiger partial charge < -0.3 is 10.1 Å². The van der Waals surface area contributed by atoms with Crippen LogP contribution in [0.4, 0.5) is 8.78 Å². The highest BCUT2D eigenvalue weighted by Crippen LogP contribution is 2.17. The van der Waals surface area contributed by atoms with Gasteiger partial charge in [-0.25, -0.2) is 13.5 Å². The summed E-state index contributed by atoms with van der Waals surface area (Å²) in [7, 11) is 1.35. The van der Waals surface area contributed by atoms with Crippen molar-refractivity contribution in [2.24, 2.45) is 0 Å². The molecule has 3 aromatic rings. The van der Waals surface area contributed by atoms with Crippen molar-refractivity contribution in [3.8, 4) is 11.6 Å². The molecule has 1 unspecified atom stereocenters. The number of nitrogens with one attached hydrogen (secondary N) is 1. The van der Waals surface area contributed by atoms with E-state index in [1.54, 1.807) is 19.1 Å². The van der Waals surface area contributed by atoms with E-state index in [1.807, 2.05) is 0 Å². The van der Waals surface area contributed by atoms with Crippen LogP contribution in [0.3, 0.4) is 0 Å². The van der Waals surface area contributed by atoms with Gasteiger partial charge in [0.1, 0.15) is 11.6 Å². The third kappa shape index (κ3) is 4.06. The van der Waals surface area contributed by atoms with Crippen molar-refractivity contribution in [2.45, 2.75) is 13.0 Å². The second-order valence-electron chi connectivity index (χ2n) is 6.03. The van der Waals surface area contributed by atoms with Crippen molar-refractivity contribution in [1.29, 1.82) is 0 Å². The van der Waals surface area contributed by atoms with E-state index >= 15 is 0 Å². The molecule has 144 valence electrons. The number of carbonyl (C=O) groups is 1. The zero-order valence-electron chi connectivity index (χ0n) is 15.1. The predicted molar refractivity (Wildman–Crippen MR) is 98.6 cm³/mol. The zero-order chi connectivity index (χ0) is 20.3. The minimum absolute atomic E-state index is 0.0970. The highest BCUT2D eigenvalue weighted by atomic mass is 19.1. The Morgan fingerprint density at radius 3 is 2.21 bits per heavy atom. The Morgan fingerprint density at radius 1 is 1.07 bits per heavy atom. The van der Waals surface area contributed by atoms with Crippen LogP contribution in [0.5, 0.6) is 5.88 Å². The minimum Gasteiger partial charge on any atom is -0.481 e. The molecule has 6 nitrogen and oxygen atoms in total. The Morgan fingerprint density at radius 2 is 1.64 bits per heavy atom. The third-order valence-electron chi connectivity index (χ3n) is 4.11. The lowest BCUT2D eigenvalue weighted by atomic mass is 10.1. The van der Waals surface area contributed by atoms with Crippen molar-refractivity contribution >= 4 is 5.91 Å². The van der Waals surface area contributed by atoms with Gasteiger partial charge in [0.05, 0.1) is 24.9 Å². The smallest absolute Gasteiger partial charge is 0.276 e. The molecule has 8 heteroatoms. The molecule has 1 amide bonds. The van der Waals surface area contributed by atoms with E-state index in [0.29, 0.717) is 11.3 Å². The van der Waals surface area contributed by atoms with Gasteiger partial charge in [-0.05, 0) is 48.9 Å². The molecule has 0 saturated carbocycles. The molecular weight excluding hydrogens is 368 g/mol. The molecule has 28 heavy (non-hydrogen) atoms. The van der Waals surface area contributed by atoms with Crippen LogP contribution in [0.2, 0.25) is 0 Å². The number of carbonyl (C=O) groups excluding carboxylic acids is 1. The molecule has 1 N–H and O–H groups in total. The SMILES string of the molecule is COc1cc(=O)c(C(=O)NC(C)c2ccc(F)cc2)nn1-c1ccc(F)cc1. The molecule has 1 heterocycles. The molecule has 3 rings (SSSR count). The molecule has 0 bridgehead atoms. The summed E-state index contributed by atoms with van der Waals surface area (Å²) in [6, 6.07) is 11.6. The van der Waals surface area contributed by atoms with Crippen LogP contribution in [0.25, 0.3) is 5.69 Å². The quantitative estimate of drug-likeness (QED) is 0.733. The first-order valence-corrected chi connectivity index (χ1v) is 8.39. The van der Waals surface area contributed by atoms with Gasteiger partial charge >= 0.3 is 0 Å². The normalized spacial score (nSPS) is 11.7. The second kappa shape index (κ2) is 7.99. The van der Waals surface area contributed by atoms with Crippen molar-refractivity contribution < 1.29 is 18.3 Å². The van der Waals surface area contributed by atoms with E-state index in [4.69, 9.17) is 4.74 Å². The van der Waals surface area contributed by atoms with Crippen LogP contribution in [0, 0.1) is 11.6 Å². The number of benzene rings is 2. The van der Waals surface area contributed by atoms with Gasteiger partial charge in [0.25, 0.3) is 5.91 Å². The number of ether oxygens (including phenoxy) is 1. The van der Waals surface area contributed by atoms with Crippen LogP contribution in [0.15, 0.2) is 59.4 Å². The van der Waals surface area contributed by atoms with Gasteiger partial charge in [0.2, 0.25) is 11.3 Å². The van der Waals surface area contributed by atoms with Gasteiger partial charge in [-0.3, -0.25) is 9.59 Å². The highest BCUT2D eigenvalue weighted by Gasteiger charge is 2.19. The van der Waals surface area contributed by atoms with Crippen molar-refractivity contribution in [1.82, 2.24) is 15.1 Å². The number of rotatable bonds is 5. The van der Waals surface area contributed by atoms with E-state index in [1.165, 1.54) is 48.2 Å². The van der Waals surface area contributed by atoms with E-state index < -0.39 is 23.2 Å². The fourth-order valence-electron chi connectivity index (χ4n) is 2.61. The summed E-state index contributed by atoms with van der Waals surface area (Å²) < 4.78 is 32.6. The molecule has 0 saturated heterocycles. The average Bonchev–Trinajstić information content (AvgIpc) is 2.68. The number of hydrogen-bond acceptors (Lipinski definition) is 4. The number of amides is 1. The minimum atomic E-state index is -0.694. The molecule has 0 spiro atoms. The standard InChI is InChI=1S/C20H17F2N3O3/c1-12(13-3-5-14(21)6-4-13)23-20(27)19-17(26)11-18(28-2)25(24-19)16-9-7-15(22)8-10-16/h3-12H,1-2H3,(H,23,27). The lowest BCUT2D eigenvalue weighted by Gasteiger charge is -2.15. The first-order chi connectivity index (χ1) is 13.4. The van der Waals surface area contributed by atoms with Gasteiger partial charge in [0, 0.05) is 0 Å². The summed E-state index contributed by atoms with van der Waals surface area (Å²) in [5.74, 6) is -1.42. The van der Waals surface area contributed by atoms with Crippen molar-refractivity contribution in [2.75, 3.05) is 7.11 Å². The first kappa shape index (κ1) is 19.2. The molecule has 1 aromatic heterocycles. The van der Waals surface area contributed by atoms with Gasteiger partial charge in [-0.2, -0.15) is 5.10 Å². The van der Waals surface area contributed by atoms with Crippen LogP contribution in [0.1, 0.15) is 29.0 Å². The number of halogens is 2. The Bertz CT molecular complexity index is 1050. The molecule has 2 aromatic carbocycles. The Kier molecular flexibility index (Phi) is 5.49. The maximum Gasteiger partial charge on any atom is 0.276 e. The Hall–Kier alpha value is -3.55. The molecular formula is C20H17F2N3O3. The predicted octanol–water partition coefficient (Wildman–Crippen LogP) is 3.01. The van der Waals surface area contributed by atoms with E-state index in [0.717, 1.165) is 6.07 Å². The average molecular weight is 385 g/mol. The summed E-state index contributed by atoms with van der Waals surface area (Å²) in [5.41, 5.74) is 0.110. The second-order valence-corrected chi connectivity index (χ2v) is 6.03. The molecule has 0 fully saturated rings. The number of aromatic nitrogens is 2. The van der Waals surface area contributed by atoms with Gasteiger partial charge in [-0.15, -0.1) is 0 Å². The molecule has 1 atom stereocenters. The van der Waals surface area contributed by atoms with Gasteiger partial charge in [-0.1, -0.05) is 12.1 Å². The molecule has 0 radical (unpaired) electrons. The monoisotopic (exact) mass is 385 g/mol. The third-order valence-corrected chi connectivity index (χ3v) is 4.11. The van der Waals surface area contributed by atoms with Gasteiger partial charge in [0.15, 0.2) is 5.69 Å². The summed E-state index contributed by atoms with van der Waals surface area (Å²) in [6.45, 7) is 1.70. The molecule has 0 aliphatic carbocycles. The van der Waals surface area contributed by atoms with E-state index in [-0.39, 0.29) is 17.4 Å². The fraction of sp³-hybridized carbons (Fsp3) is 0.150. The number of hydrogen-bond donors (Lipinski definition) is 1. The number of nitrogens with zero attached hydrogens (tertiary/aromatic N) is 2. The largest absolute Gasteiger partial charge is 0.481 e. The van der Waals surface area contributed by atoms with E-state index in [2.05, 4.69) is 10.4 Å². The molecule has 0 aliphatic heterocycles. The lowest BCUT2D eigenvalue weighted by molar-refractivity contribution is 0.0931. The zero-order valence-corrected chi connectivity index (χ0v) is 15.1. The highest BCUT2D eigenvalue weighted by molar-refractivity contribution is 5.92. The van der Waals surface area contributed by atoms with Crippen molar-refractivity contribution in [3.63, 3.8) is 0 Å². The van der Waals surface area contributed by atoms with Crippen molar-refractivity contribution in [3.05, 3.63) is 87.7 Å². The summed E-state index contributed by atoms with van der Waals surface area (Å²) in [5, 5.41) is 6.75. The number of methoxy groups -OCH3 is 1. The maximum atomic E-state index is 13.2. The molecule has 0 aliphatic rings. The fourth-order valence-corrected chi connectivity index (χ4v) is 2.61. The topological polar surface area (TPSA) is 73.2 Å². The van der Waals surface area contributed by atoms with Crippen LogP contribution in [-0.2, 0) is 0 Å². The lowest BCUT2D eigenvalue weighted by Crippen LogP contribution is -2.33. The first-order valence-electron chi connectivity index (χ1n) is 8.39. The Balaban J connectivity index is 1.93. The Labute approximate surface area is 159 Å². The van der Waals surface area contributed by atoms with Crippen LogP contribution in [-0.4, -0.2) is 22.8 Å². The summed E-state index contributed by atoms with van der Waals surface area (Å²) in [6.07, 6.45) is 0.